The monoisotopic (exact) mass is 287 g/mol. The van der Waals surface area contributed by atoms with Crippen molar-refractivity contribution in [1.82, 2.24) is 5.32 Å². The van der Waals surface area contributed by atoms with Gasteiger partial charge < -0.3 is 15.8 Å². The Balaban J connectivity index is 2.91. The molecule has 1 atom stereocenters. The van der Waals surface area contributed by atoms with Crippen molar-refractivity contribution in [2.24, 2.45) is 5.73 Å². The zero-order valence-corrected chi connectivity index (χ0v) is 11.7. The number of terminal acetylenes is 1. The van der Waals surface area contributed by atoms with Gasteiger partial charge in [0.15, 0.2) is 0 Å². The molecular weight excluding hydrogens is 270 g/mol. The highest BCUT2D eigenvalue weighted by molar-refractivity contribution is 6.13. The standard InChI is InChI=1S/C15H17N3O3/c1-4-10-21-13-8-6-12(7-9-13)18(14(16)19)15(20)17-11(3)5-2/h1,5-9,11H,2,10H2,3H3,(H2,16,19)(H,17,20). The molecule has 0 saturated heterocycles. The molecule has 0 aliphatic heterocycles. The van der Waals surface area contributed by atoms with Gasteiger partial charge in [0.1, 0.15) is 12.4 Å². The molecule has 1 unspecified atom stereocenters. The summed E-state index contributed by atoms with van der Waals surface area (Å²) in [5.74, 6) is 2.87. The Morgan fingerprint density at radius 2 is 2.14 bits per heavy atom. The Bertz CT molecular complexity index is 561. The molecule has 1 rings (SSSR count). The lowest BCUT2D eigenvalue weighted by atomic mass is 10.3. The van der Waals surface area contributed by atoms with E-state index >= 15 is 0 Å². The van der Waals surface area contributed by atoms with Crippen LogP contribution in [0.2, 0.25) is 0 Å². The quantitative estimate of drug-likeness (QED) is 0.640. The normalized spacial score (nSPS) is 10.9. The fourth-order valence-electron chi connectivity index (χ4n) is 1.48. The molecule has 0 aliphatic rings. The van der Waals surface area contributed by atoms with Crippen molar-refractivity contribution < 1.29 is 14.3 Å². The molecule has 0 heterocycles. The van der Waals surface area contributed by atoms with Gasteiger partial charge in [0.05, 0.1) is 5.69 Å². The van der Waals surface area contributed by atoms with Crippen molar-refractivity contribution in [3.8, 4) is 18.1 Å². The molecule has 0 aliphatic carbocycles. The van der Waals surface area contributed by atoms with Crippen LogP contribution in [0.1, 0.15) is 6.92 Å². The first-order valence-corrected chi connectivity index (χ1v) is 6.18. The van der Waals surface area contributed by atoms with E-state index in [-0.39, 0.29) is 12.6 Å². The number of anilines is 1. The van der Waals surface area contributed by atoms with E-state index in [1.54, 1.807) is 19.1 Å². The molecule has 0 saturated carbocycles. The lowest BCUT2D eigenvalue weighted by Crippen LogP contribution is -2.48. The summed E-state index contributed by atoms with van der Waals surface area (Å²) in [5, 5.41) is 2.57. The predicted molar refractivity (Wildman–Crippen MR) is 81.0 cm³/mol. The van der Waals surface area contributed by atoms with Gasteiger partial charge in [-0.05, 0) is 31.2 Å². The smallest absolute Gasteiger partial charge is 0.330 e. The lowest BCUT2D eigenvalue weighted by molar-refractivity contribution is 0.237. The van der Waals surface area contributed by atoms with Gasteiger partial charge in [-0.3, -0.25) is 0 Å². The Hall–Kier alpha value is -2.94. The van der Waals surface area contributed by atoms with E-state index in [1.165, 1.54) is 18.2 Å². The van der Waals surface area contributed by atoms with Crippen LogP contribution >= 0.6 is 0 Å². The molecule has 21 heavy (non-hydrogen) atoms. The number of nitrogens with one attached hydrogen (secondary N) is 1. The van der Waals surface area contributed by atoms with Gasteiger partial charge >= 0.3 is 12.1 Å². The third-order valence-corrected chi connectivity index (χ3v) is 2.55. The van der Waals surface area contributed by atoms with Crippen LogP contribution in [0.25, 0.3) is 0 Å². The second kappa shape index (κ2) is 7.60. The third kappa shape index (κ3) is 4.58. The van der Waals surface area contributed by atoms with Crippen LogP contribution in [0, 0.1) is 12.3 Å². The number of hydrogen-bond donors (Lipinski definition) is 2. The number of benzene rings is 1. The topological polar surface area (TPSA) is 84.7 Å². The second-order valence-corrected chi connectivity index (χ2v) is 4.13. The number of rotatable bonds is 5. The fraction of sp³-hybridized carbons (Fsp3) is 0.200. The number of hydrogen-bond acceptors (Lipinski definition) is 3. The van der Waals surface area contributed by atoms with Gasteiger partial charge in [0.2, 0.25) is 0 Å². The molecule has 0 aromatic heterocycles. The number of nitrogens with zero attached hydrogens (tertiary/aromatic N) is 1. The van der Waals surface area contributed by atoms with Gasteiger partial charge in [-0.2, -0.15) is 0 Å². The number of amides is 4. The average Bonchev–Trinajstić information content (AvgIpc) is 2.46. The molecule has 6 heteroatoms. The largest absolute Gasteiger partial charge is 0.481 e. The Morgan fingerprint density at radius 3 is 2.62 bits per heavy atom. The number of carbonyl (C=O) groups excluding carboxylic acids is 2. The highest BCUT2D eigenvalue weighted by atomic mass is 16.5. The summed E-state index contributed by atoms with van der Waals surface area (Å²) >= 11 is 0. The van der Waals surface area contributed by atoms with Crippen LogP contribution in [0.5, 0.6) is 5.75 Å². The van der Waals surface area contributed by atoms with Crippen molar-refractivity contribution >= 4 is 17.7 Å². The van der Waals surface area contributed by atoms with Gasteiger partial charge in [-0.25, -0.2) is 14.5 Å². The van der Waals surface area contributed by atoms with Crippen molar-refractivity contribution in [2.45, 2.75) is 13.0 Å². The van der Waals surface area contributed by atoms with Crippen LogP contribution in [0.15, 0.2) is 36.9 Å². The number of primary amides is 1. The molecule has 1 aromatic rings. The Morgan fingerprint density at radius 1 is 1.52 bits per heavy atom. The number of ether oxygens (including phenoxy) is 1. The van der Waals surface area contributed by atoms with Crippen molar-refractivity contribution in [3.63, 3.8) is 0 Å². The molecule has 0 spiro atoms. The minimum absolute atomic E-state index is 0.135. The van der Waals surface area contributed by atoms with E-state index in [1.807, 2.05) is 0 Å². The molecule has 110 valence electrons. The zero-order valence-electron chi connectivity index (χ0n) is 11.7. The van der Waals surface area contributed by atoms with Crippen molar-refractivity contribution in [1.29, 1.82) is 0 Å². The highest BCUT2D eigenvalue weighted by Crippen LogP contribution is 2.19. The van der Waals surface area contributed by atoms with Crippen molar-refractivity contribution in [3.05, 3.63) is 36.9 Å². The number of nitrogens with two attached hydrogens (primary N) is 1. The van der Waals surface area contributed by atoms with Gasteiger partial charge in [0, 0.05) is 6.04 Å². The van der Waals surface area contributed by atoms with Gasteiger partial charge in [-0.15, -0.1) is 13.0 Å². The van der Waals surface area contributed by atoms with Crippen LogP contribution < -0.4 is 20.7 Å². The second-order valence-electron chi connectivity index (χ2n) is 4.13. The first-order chi connectivity index (χ1) is 9.99. The number of imide groups is 1. The van der Waals surface area contributed by atoms with E-state index in [2.05, 4.69) is 17.8 Å². The summed E-state index contributed by atoms with van der Waals surface area (Å²) in [6, 6.07) is 4.44. The molecule has 4 amide bonds. The maximum absolute atomic E-state index is 12.0. The summed E-state index contributed by atoms with van der Waals surface area (Å²) < 4.78 is 5.21. The van der Waals surface area contributed by atoms with E-state index in [0.717, 1.165) is 4.90 Å². The van der Waals surface area contributed by atoms with Crippen LogP contribution in [0.3, 0.4) is 0 Å². The first-order valence-electron chi connectivity index (χ1n) is 6.18. The van der Waals surface area contributed by atoms with E-state index in [9.17, 15) is 9.59 Å². The summed E-state index contributed by atoms with van der Waals surface area (Å²) in [7, 11) is 0. The SMILES string of the molecule is C#CCOc1ccc(N(C(N)=O)C(=O)NC(C)C=C)cc1. The Kier molecular flexibility index (Phi) is 5.83. The molecule has 3 N–H and O–H groups in total. The molecule has 0 fully saturated rings. The first kappa shape index (κ1) is 16.1. The maximum Gasteiger partial charge on any atom is 0.330 e. The lowest BCUT2D eigenvalue weighted by Gasteiger charge is -2.21. The average molecular weight is 287 g/mol. The Labute approximate surface area is 123 Å². The molecule has 0 bridgehead atoms. The minimum Gasteiger partial charge on any atom is -0.481 e. The third-order valence-electron chi connectivity index (χ3n) is 2.55. The molecular formula is C15H17N3O3. The predicted octanol–water partition coefficient (Wildman–Crippen LogP) is 1.87. The maximum atomic E-state index is 12.0. The van der Waals surface area contributed by atoms with Crippen molar-refractivity contribution in [2.75, 3.05) is 11.5 Å². The van der Waals surface area contributed by atoms with E-state index < -0.39 is 12.1 Å². The molecule has 0 radical (unpaired) electrons. The summed E-state index contributed by atoms with van der Waals surface area (Å²) in [6.07, 6.45) is 6.62. The number of urea groups is 2. The fourth-order valence-corrected chi connectivity index (χ4v) is 1.48. The zero-order chi connectivity index (χ0) is 15.8. The van der Waals surface area contributed by atoms with Crippen LogP contribution in [-0.2, 0) is 0 Å². The summed E-state index contributed by atoms with van der Waals surface area (Å²) in [5.41, 5.74) is 5.57. The summed E-state index contributed by atoms with van der Waals surface area (Å²) in [6.45, 7) is 5.41. The minimum atomic E-state index is -0.888. The van der Waals surface area contributed by atoms with Crippen LogP contribution in [-0.4, -0.2) is 24.7 Å². The van der Waals surface area contributed by atoms with Gasteiger partial charge in [0.25, 0.3) is 0 Å². The van der Waals surface area contributed by atoms with E-state index in [4.69, 9.17) is 16.9 Å². The highest BCUT2D eigenvalue weighted by Gasteiger charge is 2.21. The van der Waals surface area contributed by atoms with Crippen LogP contribution in [0.4, 0.5) is 15.3 Å². The van der Waals surface area contributed by atoms with Gasteiger partial charge in [-0.1, -0.05) is 12.0 Å². The number of carbonyl (C=O) groups is 2. The summed E-state index contributed by atoms with van der Waals surface area (Å²) in [4.78, 5) is 24.3. The molecule has 1 aromatic carbocycles. The molecule has 6 nitrogen and oxygen atoms in total. The van der Waals surface area contributed by atoms with E-state index in [0.29, 0.717) is 11.4 Å².